The second kappa shape index (κ2) is 6.05. The molecule has 0 aliphatic carbocycles. The Bertz CT molecular complexity index is 756. The highest BCUT2D eigenvalue weighted by molar-refractivity contribution is 5.79. The van der Waals surface area contributed by atoms with E-state index >= 15 is 0 Å². The highest BCUT2D eigenvalue weighted by Crippen LogP contribution is 2.16. The van der Waals surface area contributed by atoms with Crippen molar-refractivity contribution in [1.29, 1.82) is 0 Å². The van der Waals surface area contributed by atoms with Gasteiger partial charge in [0.15, 0.2) is 6.61 Å². The molecule has 21 heavy (non-hydrogen) atoms. The maximum Gasteiger partial charge on any atom is 0.349 e. The van der Waals surface area contributed by atoms with Crippen molar-refractivity contribution in [2.45, 2.75) is 0 Å². The average molecular weight is 279 g/mol. The van der Waals surface area contributed by atoms with Crippen LogP contribution in [0.5, 0.6) is 11.6 Å². The van der Waals surface area contributed by atoms with Crippen LogP contribution in [0.15, 0.2) is 66.7 Å². The first-order chi connectivity index (χ1) is 10.3. The van der Waals surface area contributed by atoms with E-state index in [2.05, 4.69) is 4.98 Å². The molecule has 0 saturated heterocycles. The Labute approximate surface area is 122 Å². The smallest absolute Gasteiger partial charge is 0.349 e. The molecule has 2 aromatic carbocycles. The third-order valence-electron chi connectivity index (χ3n) is 2.89. The lowest BCUT2D eigenvalue weighted by Crippen LogP contribution is -2.18. The van der Waals surface area contributed by atoms with Crippen molar-refractivity contribution in [3.63, 3.8) is 0 Å². The number of fused-ring (bicyclic) bond motifs is 1. The number of hydrogen-bond donors (Lipinski definition) is 0. The van der Waals surface area contributed by atoms with Crippen LogP contribution < -0.4 is 9.47 Å². The van der Waals surface area contributed by atoms with E-state index < -0.39 is 5.97 Å². The topological polar surface area (TPSA) is 48.4 Å². The Morgan fingerprint density at radius 3 is 2.52 bits per heavy atom. The molecule has 0 bridgehead atoms. The van der Waals surface area contributed by atoms with E-state index in [-0.39, 0.29) is 6.61 Å². The molecule has 0 aliphatic rings. The van der Waals surface area contributed by atoms with Crippen LogP contribution in [-0.2, 0) is 4.79 Å². The van der Waals surface area contributed by atoms with Gasteiger partial charge in [-0.1, -0.05) is 36.4 Å². The minimum absolute atomic E-state index is 0.180. The number of carbonyl (C=O) groups is 1. The fourth-order valence-electron chi connectivity index (χ4n) is 1.91. The first-order valence-electron chi connectivity index (χ1n) is 6.55. The van der Waals surface area contributed by atoms with Gasteiger partial charge in [-0.15, -0.1) is 0 Å². The summed E-state index contributed by atoms with van der Waals surface area (Å²) in [5.74, 6) is 0.437. The van der Waals surface area contributed by atoms with Crippen molar-refractivity contribution >= 4 is 16.9 Å². The summed E-state index contributed by atoms with van der Waals surface area (Å²) in [5, 5.41) is 1.02. The van der Waals surface area contributed by atoms with Crippen LogP contribution in [0, 0.1) is 0 Å². The number of para-hydroxylation sites is 2. The maximum absolute atomic E-state index is 11.7. The van der Waals surface area contributed by atoms with Crippen LogP contribution >= 0.6 is 0 Å². The molecule has 0 fully saturated rings. The first-order valence-corrected chi connectivity index (χ1v) is 6.55. The molecule has 0 radical (unpaired) electrons. The molecule has 0 atom stereocenters. The summed E-state index contributed by atoms with van der Waals surface area (Å²) in [5.41, 5.74) is 0.825. The molecular formula is C17H13NO3. The van der Waals surface area contributed by atoms with Crippen molar-refractivity contribution in [1.82, 2.24) is 4.98 Å². The van der Waals surface area contributed by atoms with Crippen LogP contribution in [0.2, 0.25) is 0 Å². The zero-order chi connectivity index (χ0) is 14.5. The molecule has 0 spiro atoms. The molecular weight excluding hydrogens is 266 g/mol. The Balaban J connectivity index is 1.62. The first kappa shape index (κ1) is 13.1. The summed E-state index contributed by atoms with van der Waals surface area (Å²) in [6.45, 7) is -0.180. The van der Waals surface area contributed by atoms with Gasteiger partial charge in [0.2, 0.25) is 5.88 Å². The van der Waals surface area contributed by atoms with Gasteiger partial charge in [0.1, 0.15) is 5.75 Å². The van der Waals surface area contributed by atoms with Crippen molar-refractivity contribution in [2.24, 2.45) is 0 Å². The monoisotopic (exact) mass is 279 g/mol. The second-order valence-electron chi connectivity index (χ2n) is 4.42. The molecule has 0 unspecified atom stereocenters. The molecule has 3 aromatic rings. The molecule has 4 nitrogen and oxygen atoms in total. The summed E-state index contributed by atoms with van der Waals surface area (Å²) in [6.07, 6.45) is 0. The predicted octanol–water partition coefficient (Wildman–Crippen LogP) is 3.22. The molecule has 0 saturated carbocycles. The molecule has 3 rings (SSSR count). The van der Waals surface area contributed by atoms with Crippen molar-refractivity contribution in [3.05, 3.63) is 66.7 Å². The van der Waals surface area contributed by atoms with Gasteiger partial charge in [0.25, 0.3) is 0 Å². The lowest BCUT2D eigenvalue weighted by molar-refractivity contribution is -0.136. The van der Waals surface area contributed by atoms with E-state index in [1.165, 1.54) is 0 Å². The maximum atomic E-state index is 11.7. The SMILES string of the molecule is O=C(COc1ccc2ccccc2n1)Oc1ccccc1. The zero-order valence-corrected chi connectivity index (χ0v) is 11.2. The van der Waals surface area contributed by atoms with Gasteiger partial charge in [-0.05, 0) is 24.3 Å². The van der Waals surface area contributed by atoms with E-state index in [1.54, 1.807) is 30.3 Å². The van der Waals surface area contributed by atoms with Gasteiger partial charge in [-0.2, -0.15) is 0 Å². The Kier molecular flexibility index (Phi) is 3.78. The van der Waals surface area contributed by atoms with Crippen molar-refractivity contribution < 1.29 is 14.3 Å². The fraction of sp³-hybridized carbons (Fsp3) is 0.0588. The number of pyridine rings is 1. The highest BCUT2D eigenvalue weighted by Gasteiger charge is 2.07. The second-order valence-corrected chi connectivity index (χ2v) is 4.42. The van der Waals surface area contributed by atoms with E-state index in [0.717, 1.165) is 10.9 Å². The minimum Gasteiger partial charge on any atom is -0.466 e. The van der Waals surface area contributed by atoms with Crippen LogP contribution in [0.4, 0.5) is 0 Å². The van der Waals surface area contributed by atoms with E-state index in [9.17, 15) is 4.79 Å². The molecule has 0 aliphatic heterocycles. The van der Waals surface area contributed by atoms with Gasteiger partial charge >= 0.3 is 5.97 Å². The van der Waals surface area contributed by atoms with Crippen molar-refractivity contribution in [2.75, 3.05) is 6.61 Å². The Morgan fingerprint density at radius 1 is 0.905 bits per heavy atom. The standard InChI is InChI=1S/C17H13NO3/c19-17(21-14-7-2-1-3-8-14)12-20-16-11-10-13-6-4-5-9-15(13)18-16/h1-11H,12H2. The zero-order valence-electron chi connectivity index (χ0n) is 11.2. The molecule has 1 heterocycles. The number of rotatable bonds is 4. The molecule has 0 amide bonds. The van der Waals surface area contributed by atoms with Crippen LogP contribution in [0.3, 0.4) is 0 Å². The number of benzene rings is 2. The van der Waals surface area contributed by atoms with E-state index in [4.69, 9.17) is 9.47 Å². The third kappa shape index (κ3) is 3.36. The van der Waals surface area contributed by atoms with Gasteiger partial charge < -0.3 is 9.47 Å². The quantitative estimate of drug-likeness (QED) is 0.543. The molecule has 1 aromatic heterocycles. The number of esters is 1. The molecule has 0 N–H and O–H groups in total. The van der Waals surface area contributed by atoms with Crippen LogP contribution in [0.1, 0.15) is 0 Å². The fourth-order valence-corrected chi connectivity index (χ4v) is 1.91. The van der Waals surface area contributed by atoms with Crippen LogP contribution in [0.25, 0.3) is 10.9 Å². The summed E-state index contributed by atoms with van der Waals surface area (Å²) < 4.78 is 10.5. The lowest BCUT2D eigenvalue weighted by Gasteiger charge is -2.06. The Hall–Kier alpha value is -2.88. The number of nitrogens with zero attached hydrogens (tertiary/aromatic N) is 1. The van der Waals surface area contributed by atoms with Gasteiger partial charge in [0, 0.05) is 11.5 Å². The summed E-state index contributed by atoms with van der Waals surface area (Å²) in [4.78, 5) is 16.0. The lowest BCUT2D eigenvalue weighted by atomic mass is 10.2. The van der Waals surface area contributed by atoms with Crippen molar-refractivity contribution in [3.8, 4) is 11.6 Å². The number of carbonyl (C=O) groups excluding carboxylic acids is 1. The molecule has 104 valence electrons. The van der Waals surface area contributed by atoms with Gasteiger partial charge in [-0.3, -0.25) is 0 Å². The number of aromatic nitrogens is 1. The predicted molar refractivity (Wildman–Crippen MR) is 79.3 cm³/mol. The number of hydrogen-bond acceptors (Lipinski definition) is 4. The molecule has 4 heteroatoms. The van der Waals surface area contributed by atoms with E-state index in [1.807, 2.05) is 36.4 Å². The normalized spacial score (nSPS) is 10.3. The summed E-state index contributed by atoms with van der Waals surface area (Å²) >= 11 is 0. The van der Waals surface area contributed by atoms with Crippen LogP contribution in [-0.4, -0.2) is 17.6 Å². The number of ether oxygens (including phenoxy) is 2. The van der Waals surface area contributed by atoms with E-state index in [0.29, 0.717) is 11.6 Å². The minimum atomic E-state index is -0.462. The average Bonchev–Trinajstić information content (AvgIpc) is 2.54. The van der Waals surface area contributed by atoms with Gasteiger partial charge in [-0.25, -0.2) is 9.78 Å². The summed E-state index contributed by atoms with van der Waals surface area (Å²) in [7, 11) is 0. The third-order valence-corrected chi connectivity index (χ3v) is 2.89. The van der Waals surface area contributed by atoms with Gasteiger partial charge in [0.05, 0.1) is 5.52 Å². The largest absolute Gasteiger partial charge is 0.466 e. The Morgan fingerprint density at radius 2 is 1.67 bits per heavy atom. The summed E-state index contributed by atoms with van der Waals surface area (Å²) in [6, 6.07) is 20.2. The highest BCUT2D eigenvalue weighted by atomic mass is 16.6.